The van der Waals surface area contributed by atoms with E-state index in [4.69, 9.17) is 4.74 Å². The minimum absolute atomic E-state index is 0.0391. The third-order valence-corrected chi connectivity index (χ3v) is 8.36. The molecule has 1 aliphatic carbocycles. The van der Waals surface area contributed by atoms with Crippen LogP contribution in [0.1, 0.15) is 60.8 Å². The monoisotopic (exact) mass is 530 g/mol. The van der Waals surface area contributed by atoms with Crippen molar-refractivity contribution in [2.24, 2.45) is 23.7 Å². The van der Waals surface area contributed by atoms with Gasteiger partial charge in [-0.3, -0.25) is 4.79 Å². The molecule has 8 heteroatoms. The second-order valence-electron chi connectivity index (χ2n) is 11.2. The quantitative estimate of drug-likeness (QED) is 0.275. The van der Waals surface area contributed by atoms with Crippen LogP contribution < -0.4 is 16.0 Å². The second kappa shape index (κ2) is 13.7. The van der Waals surface area contributed by atoms with Gasteiger partial charge in [-0.2, -0.15) is 0 Å². The number of ether oxygens (including phenoxy) is 1. The van der Waals surface area contributed by atoms with Gasteiger partial charge in [0.05, 0.1) is 17.8 Å². The standard InChI is InChI=1S/C30H50N4O4/c1-8-22-25(31-9-2)14-19(5)23(16-26(35)21-10-12-34(13-11-21)18(3)4)28(22)30(37)32-17-24-27(38-7)15-20(6)33-29(24)36/h14-16,18-19,21,23-24,27,29,31,33,35-36H,8-13,17H2,1-7H3,(H,32,37)/b26-16-. The van der Waals surface area contributed by atoms with Gasteiger partial charge in [-0.25, -0.2) is 0 Å². The number of carbonyl (C=O) groups is 1. The van der Waals surface area contributed by atoms with Gasteiger partial charge >= 0.3 is 0 Å². The minimum Gasteiger partial charge on any atom is -0.512 e. The average molecular weight is 531 g/mol. The Kier molecular flexibility index (Phi) is 10.9. The molecule has 214 valence electrons. The third kappa shape index (κ3) is 7.01. The van der Waals surface area contributed by atoms with E-state index in [9.17, 15) is 15.0 Å². The summed E-state index contributed by atoms with van der Waals surface area (Å²) in [5, 5.41) is 31.5. The highest BCUT2D eigenvalue weighted by molar-refractivity contribution is 5.96. The van der Waals surface area contributed by atoms with Gasteiger partial charge in [-0.15, -0.1) is 0 Å². The van der Waals surface area contributed by atoms with E-state index in [-0.39, 0.29) is 42.2 Å². The minimum atomic E-state index is -0.816. The molecule has 1 amide bonds. The highest BCUT2D eigenvalue weighted by Gasteiger charge is 2.36. The van der Waals surface area contributed by atoms with Gasteiger partial charge < -0.3 is 35.8 Å². The van der Waals surface area contributed by atoms with E-state index < -0.39 is 6.23 Å². The van der Waals surface area contributed by atoms with E-state index in [1.165, 1.54) is 0 Å². The summed E-state index contributed by atoms with van der Waals surface area (Å²) in [7, 11) is 1.62. The lowest BCUT2D eigenvalue weighted by molar-refractivity contribution is -0.118. The van der Waals surface area contributed by atoms with Crippen molar-refractivity contribution in [3.05, 3.63) is 46.5 Å². The zero-order chi connectivity index (χ0) is 28.0. The molecule has 0 aromatic carbocycles. The molecule has 2 aliphatic heterocycles. The van der Waals surface area contributed by atoms with Crippen molar-refractivity contribution in [1.82, 2.24) is 20.9 Å². The summed E-state index contributed by atoms with van der Waals surface area (Å²) in [4.78, 5) is 16.3. The molecule has 5 unspecified atom stereocenters. The summed E-state index contributed by atoms with van der Waals surface area (Å²) in [6.45, 7) is 15.5. The predicted molar refractivity (Wildman–Crippen MR) is 152 cm³/mol. The van der Waals surface area contributed by atoms with Crippen molar-refractivity contribution >= 4 is 5.91 Å². The molecule has 38 heavy (non-hydrogen) atoms. The third-order valence-electron chi connectivity index (χ3n) is 8.36. The van der Waals surface area contributed by atoms with Crippen molar-refractivity contribution in [1.29, 1.82) is 0 Å². The number of piperidine rings is 1. The van der Waals surface area contributed by atoms with E-state index in [2.05, 4.69) is 61.5 Å². The SMILES string of the molecule is CCNC1=CC(C)C(/C=C(\O)C2CCN(C(C)C)CC2)C(C(=O)NCC2C(O)NC(C)=CC2OC)=C1CC. The number of hydrogen-bond acceptors (Lipinski definition) is 7. The first-order valence-electron chi connectivity index (χ1n) is 14.4. The molecular formula is C30H50N4O4. The Morgan fingerprint density at radius 3 is 2.53 bits per heavy atom. The van der Waals surface area contributed by atoms with Crippen molar-refractivity contribution in [2.75, 3.05) is 33.3 Å². The summed E-state index contributed by atoms with van der Waals surface area (Å²) in [5.74, 6) is -0.154. The first-order chi connectivity index (χ1) is 18.1. The molecule has 0 bridgehead atoms. The molecule has 0 aromatic rings. The maximum atomic E-state index is 13.9. The predicted octanol–water partition coefficient (Wildman–Crippen LogP) is 3.59. The summed E-state index contributed by atoms with van der Waals surface area (Å²) in [6, 6.07) is 0.510. The van der Waals surface area contributed by atoms with Crippen molar-refractivity contribution in [3.8, 4) is 0 Å². The van der Waals surface area contributed by atoms with Crippen LogP contribution in [0.5, 0.6) is 0 Å². The molecule has 5 atom stereocenters. The molecule has 0 radical (unpaired) electrons. The number of amides is 1. The van der Waals surface area contributed by atoms with Gasteiger partial charge in [0.2, 0.25) is 5.91 Å². The van der Waals surface area contributed by atoms with Crippen LogP contribution in [0.2, 0.25) is 0 Å². The van der Waals surface area contributed by atoms with E-state index in [1.807, 2.05) is 19.1 Å². The van der Waals surface area contributed by atoms with Gasteiger partial charge in [0.1, 0.15) is 6.23 Å². The molecule has 0 aromatic heterocycles. The number of rotatable bonds is 10. The average Bonchev–Trinajstić information content (AvgIpc) is 2.88. The Morgan fingerprint density at radius 2 is 1.95 bits per heavy atom. The van der Waals surface area contributed by atoms with Crippen LogP contribution in [-0.2, 0) is 9.53 Å². The van der Waals surface area contributed by atoms with Crippen LogP contribution in [0.25, 0.3) is 0 Å². The van der Waals surface area contributed by atoms with Crippen LogP contribution >= 0.6 is 0 Å². The van der Waals surface area contributed by atoms with E-state index >= 15 is 0 Å². The maximum Gasteiger partial charge on any atom is 0.248 e. The lowest BCUT2D eigenvalue weighted by Gasteiger charge is -2.36. The molecule has 2 heterocycles. The van der Waals surface area contributed by atoms with Gasteiger partial charge in [0, 0.05) is 55.0 Å². The van der Waals surface area contributed by atoms with Crippen LogP contribution in [0.4, 0.5) is 0 Å². The van der Waals surface area contributed by atoms with Crippen LogP contribution in [-0.4, -0.2) is 72.7 Å². The molecule has 8 nitrogen and oxygen atoms in total. The summed E-state index contributed by atoms with van der Waals surface area (Å²) in [6.07, 6.45) is 7.48. The number of nitrogens with zero attached hydrogens (tertiary/aromatic N) is 1. The topological polar surface area (TPSA) is 106 Å². The van der Waals surface area contributed by atoms with Gasteiger partial charge in [0.25, 0.3) is 0 Å². The number of likely N-dealkylation sites (N-methyl/N-ethyl adjacent to an activating group) is 1. The molecule has 1 saturated heterocycles. The summed E-state index contributed by atoms with van der Waals surface area (Å²) >= 11 is 0. The summed E-state index contributed by atoms with van der Waals surface area (Å²) in [5.41, 5.74) is 3.52. The second-order valence-corrected chi connectivity index (χ2v) is 11.2. The number of nitrogens with one attached hydrogen (secondary N) is 3. The van der Waals surface area contributed by atoms with E-state index in [0.717, 1.165) is 49.4 Å². The summed E-state index contributed by atoms with van der Waals surface area (Å²) < 4.78 is 5.59. The van der Waals surface area contributed by atoms with E-state index in [1.54, 1.807) is 7.11 Å². The lowest BCUT2D eigenvalue weighted by Crippen LogP contribution is -2.50. The number of carbonyl (C=O) groups excluding carboxylic acids is 1. The van der Waals surface area contributed by atoms with Crippen LogP contribution in [0, 0.1) is 23.7 Å². The molecule has 0 spiro atoms. The zero-order valence-corrected chi connectivity index (χ0v) is 24.4. The van der Waals surface area contributed by atoms with E-state index in [0.29, 0.717) is 23.8 Å². The Labute approximate surface area is 229 Å². The molecule has 3 rings (SSSR count). The zero-order valence-electron chi connectivity index (χ0n) is 24.4. The molecule has 3 aliphatic rings. The molecule has 0 saturated carbocycles. The lowest BCUT2D eigenvalue weighted by atomic mass is 9.76. The van der Waals surface area contributed by atoms with Crippen LogP contribution in [0.3, 0.4) is 0 Å². The molecule has 1 fully saturated rings. The Balaban J connectivity index is 1.86. The Bertz CT molecular complexity index is 946. The number of aliphatic hydroxyl groups is 2. The highest BCUT2D eigenvalue weighted by Crippen LogP contribution is 2.38. The fourth-order valence-corrected chi connectivity index (χ4v) is 6.08. The van der Waals surface area contributed by atoms with Crippen molar-refractivity contribution in [2.45, 2.75) is 79.2 Å². The maximum absolute atomic E-state index is 13.9. The first kappa shape index (κ1) is 30.3. The number of aliphatic hydroxyl groups excluding tert-OH is 2. The Hall–Kier alpha value is -2.29. The number of hydrogen-bond donors (Lipinski definition) is 5. The van der Waals surface area contributed by atoms with Crippen molar-refractivity contribution in [3.63, 3.8) is 0 Å². The number of allylic oxidation sites excluding steroid dienone is 5. The molecule has 5 N–H and O–H groups in total. The largest absolute Gasteiger partial charge is 0.512 e. The highest BCUT2D eigenvalue weighted by atomic mass is 16.5. The fraction of sp³-hybridized carbons (Fsp3) is 0.700. The van der Waals surface area contributed by atoms with Crippen molar-refractivity contribution < 1.29 is 19.7 Å². The van der Waals surface area contributed by atoms with Gasteiger partial charge in [-0.05, 0) is 83.7 Å². The Morgan fingerprint density at radius 1 is 1.26 bits per heavy atom. The number of methoxy groups -OCH3 is 1. The first-order valence-corrected chi connectivity index (χ1v) is 14.4. The number of likely N-dealkylation sites (tertiary alicyclic amines) is 1. The fourth-order valence-electron chi connectivity index (χ4n) is 6.08. The smallest absolute Gasteiger partial charge is 0.248 e. The van der Waals surface area contributed by atoms with Crippen LogP contribution in [0.15, 0.2) is 46.5 Å². The van der Waals surface area contributed by atoms with Gasteiger partial charge in [0.15, 0.2) is 0 Å². The molecular weight excluding hydrogens is 480 g/mol. The van der Waals surface area contributed by atoms with Gasteiger partial charge in [-0.1, -0.05) is 19.9 Å². The normalized spacial score (nSPS) is 29.6.